The summed E-state index contributed by atoms with van der Waals surface area (Å²) in [7, 11) is -3.07. The van der Waals surface area contributed by atoms with Crippen LogP contribution in [0.25, 0.3) is 0 Å². The van der Waals surface area contributed by atoms with Crippen LogP contribution in [0.1, 0.15) is 31.4 Å². The molecule has 43 heavy (non-hydrogen) atoms. The van der Waals surface area contributed by atoms with Crippen molar-refractivity contribution in [2.75, 3.05) is 24.5 Å². The number of anilines is 1. The summed E-state index contributed by atoms with van der Waals surface area (Å²) in [5, 5.41) is 14.9. The number of carbonyl (C=O) groups is 2. The van der Waals surface area contributed by atoms with E-state index in [9.17, 15) is 28.1 Å². The molecule has 0 bridgehead atoms. The quantitative estimate of drug-likeness (QED) is 0.194. The number of aryl methyl sites for hydroxylation is 1. The Bertz CT molecular complexity index is 1600. The van der Waals surface area contributed by atoms with Gasteiger partial charge >= 0.3 is 0 Å². The number of sulfonamides is 1. The molecule has 0 heterocycles. The van der Waals surface area contributed by atoms with Gasteiger partial charge in [-0.15, -0.1) is 0 Å². The van der Waals surface area contributed by atoms with Gasteiger partial charge in [-0.2, -0.15) is 0 Å². The summed E-state index contributed by atoms with van der Waals surface area (Å²) in [6.45, 7) is 4.51. The van der Waals surface area contributed by atoms with E-state index in [2.05, 4.69) is 5.32 Å². The number of halogens is 2. The van der Waals surface area contributed by atoms with Crippen LogP contribution >= 0.6 is 23.2 Å². The van der Waals surface area contributed by atoms with Gasteiger partial charge in [-0.3, -0.25) is 24.0 Å². The highest BCUT2D eigenvalue weighted by atomic mass is 35.5. The third kappa shape index (κ3) is 7.95. The van der Waals surface area contributed by atoms with E-state index >= 15 is 0 Å². The predicted octanol–water partition coefficient (Wildman–Crippen LogP) is 5.36. The van der Waals surface area contributed by atoms with Gasteiger partial charge in [-0.25, -0.2) is 8.42 Å². The molecule has 0 radical (unpaired) electrons. The molecule has 0 saturated carbocycles. The number of hydrogen-bond donors (Lipinski definition) is 1. The molecule has 11 nitrogen and oxygen atoms in total. The van der Waals surface area contributed by atoms with E-state index in [1.165, 1.54) is 55.3 Å². The Morgan fingerprint density at radius 2 is 1.70 bits per heavy atom. The minimum Gasteiger partial charge on any atom is -0.497 e. The molecule has 0 fully saturated rings. The second kappa shape index (κ2) is 14.5. The van der Waals surface area contributed by atoms with Gasteiger partial charge in [0.15, 0.2) is 0 Å². The molecule has 1 atom stereocenters. The molecule has 3 aromatic carbocycles. The first-order chi connectivity index (χ1) is 20.3. The van der Waals surface area contributed by atoms with Crippen LogP contribution in [0.15, 0.2) is 65.6 Å². The maximum atomic E-state index is 14.1. The van der Waals surface area contributed by atoms with Crippen LogP contribution in [0, 0.1) is 17.0 Å². The predicted molar refractivity (Wildman–Crippen MR) is 165 cm³/mol. The minimum absolute atomic E-state index is 0.0716. The molecule has 14 heteroatoms. The maximum Gasteiger partial charge on any atom is 0.273 e. The topological polar surface area (TPSA) is 139 Å². The zero-order chi connectivity index (χ0) is 31.9. The van der Waals surface area contributed by atoms with Crippen LogP contribution < -0.4 is 14.4 Å². The molecule has 3 rings (SSSR count). The fourth-order valence-electron chi connectivity index (χ4n) is 4.40. The van der Waals surface area contributed by atoms with Gasteiger partial charge in [0.2, 0.25) is 11.8 Å². The monoisotopic (exact) mass is 650 g/mol. The zero-order valence-corrected chi connectivity index (χ0v) is 26.4. The molecule has 0 aromatic heterocycles. The van der Waals surface area contributed by atoms with Crippen LogP contribution in [0.2, 0.25) is 10.0 Å². The molecule has 2 amide bonds. The Hall–Kier alpha value is -3.87. The third-order valence-corrected chi connectivity index (χ3v) is 9.19. The molecular formula is C29H32Cl2N4O7S. The van der Waals surface area contributed by atoms with Gasteiger partial charge in [0, 0.05) is 24.7 Å². The van der Waals surface area contributed by atoms with Gasteiger partial charge < -0.3 is 15.0 Å². The molecule has 3 aromatic rings. The first-order valence-electron chi connectivity index (χ1n) is 13.3. The van der Waals surface area contributed by atoms with Crippen molar-refractivity contribution in [2.45, 2.75) is 44.7 Å². The van der Waals surface area contributed by atoms with Crippen molar-refractivity contribution in [3.8, 4) is 5.75 Å². The Kier molecular flexibility index (Phi) is 11.4. The maximum absolute atomic E-state index is 14.1. The Morgan fingerprint density at radius 1 is 1.02 bits per heavy atom. The van der Waals surface area contributed by atoms with Gasteiger partial charge in [-0.1, -0.05) is 42.3 Å². The number of nitro groups is 1. The Labute approximate surface area is 260 Å². The number of methoxy groups -OCH3 is 1. The summed E-state index contributed by atoms with van der Waals surface area (Å²) < 4.78 is 34.1. The number of likely N-dealkylation sites (N-methyl/N-ethyl adjacent to an activating group) is 1. The first-order valence-corrected chi connectivity index (χ1v) is 15.5. The normalized spacial score (nSPS) is 11.9. The minimum atomic E-state index is -4.52. The largest absolute Gasteiger partial charge is 0.497 e. The summed E-state index contributed by atoms with van der Waals surface area (Å²) in [6, 6.07) is 13.3. The molecule has 0 aliphatic heterocycles. The van der Waals surface area contributed by atoms with Gasteiger partial charge in [0.05, 0.1) is 32.7 Å². The van der Waals surface area contributed by atoms with Gasteiger partial charge in [-0.05, 0) is 68.3 Å². The molecular weight excluding hydrogens is 619 g/mol. The molecule has 1 N–H and O–H groups in total. The number of hydrogen-bond acceptors (Lipinski definition) is 7. The number of nitrogens with one attached hydrogen (secondary N) is 1. The first kappa shape index (κ1) is 33.6. The van der Waals surface area contributed by atoms with Crippen LogP contribution in [-0.2, 0) is 26.2 Å². The van der Waals surface area contributed by atoms with E-state index in [0.29, 0.717) is 22.9 Å². The van der Waals surface area contributed by atoms with Crippen molar-refractivity contribution in [3.05, 3.63) is 92.0 Å². The molecule has 0 saturated heterocycles. The fraction of sp³-hybridized carbons (Fsp3) is 0.310. The number of nitrogens with zero attached hydrogens (tertiary/aromatic N) is 3. The molecule has 0 aliphatic rings. The van der Waals surface area contributed by atoms with E-state index in [1.807, 2.05) is 0 Å². The zero-order valence-electron chi connectivity index (χ0n) is 24.0. The van der Waals surface area contributed by atoms with E-state index in [4.69, 9.17) is 27.9 Å². The lowest BCUT2D eigenvalue weighted by Gasteiger charge is -2.33. The van der Waals surface area contributed by atoms with Crippen molar-refractivity contribution in [3.63, 3.8) is 0 Å². The summed E-state index contributed by atoms with van der Waals surface area (Å²) >= 11 is 12.3. The summed E-state index contributed by atoms with van der Waals surface area (Å²) in [5.74, 6) is -0.654. The number of ether oxygens (including phenoxy) is 1. The van der Waals surface area contributed by atoms with Crippen molar-refractivity contribution < 1.29 is 27.7 Å². The van der Waals surface area contributed by atoms with E-state index in [0.717, 1.165) is 10.4 Å². The standard InChI is InChI=1S/C29H32Cl2N4O7S/c1-5-26(29(37)32-6-2)33(17-20-8-14-24(30)25(31)15-20)28(36)18-34(21-9-11-22(42-4)12-10-21)43(40,41)23-13-7-19(3)27(16-23)35(38)39/h7-16,26H,5-6,17-18H2,1-4H3,(H,32,37)/t26-/m0/s1. The lowest BCUT2D eigenvalue weighted by Crippen LogP contribution is -2.52. The average Bonchev–Trinajstić information content (AvgIpc) is 2.97. The van der Waals surface area contributed by atoms with E-state index in [-0.39, 0.29) is 39.8 Å². The van der Waals surface area contributed by atoms with Crippen molar-refractivity contribution in [1.82, 2.24) is 10.2 Å². The van der Waals surface area contributed by atoms with Crippen molar-refractivity contribution >= 4 is 56.4 Å². The lowest BCUT2D eigenvalue weighted by atomic mass is 10.1. The second-order valence-electron chi connectivity index (χ2n) is 9.50. The van der Waals surface area contributed by atoms with Crippen molar-refractivity contribution in [2.24, 2.45) is 0 Å². The number of carbonyl (C=O) groups excluding carboxylic acids is 2. The highest BCUT2D eigenvalue weighted by Gasteiger charge is 2.34. The Balaban J connectivity index is 2.13. The fourth-order valence-corrected chi connectivity index (χ4v) is 6.15. The molecule has 0 unspecified atom stereocenters. The average molecular weight is 652 g/mol. The van der Waals surface area contributed by atoms with Gasteiger partial charge in [0.1, 0.15) is 18.3 Å². The highest BCUT2D eigenvalue weighted by Crippen LogP contribution is 2.30. The summed E-state index contributed by atoms with van der Waals surface area (Å²) in [5.41, 5.74) is 0.568. The number of nitro benzene ring substituents is 1. The van der Waals surface area contributed by atoms with Crippen LogP contribution in [0.4, 0.5) is 11.4 Å². The van der Waals surface area contributed by atoms with Crippen LogP contribution in [0.5, 0.6) is 5.75 Å². The molecule has 0 aliphatic carbocycles. The highest BCUT2D eigenvalue weighted by molar-refractivity contribution is 7.92. The number of amides is 2. The van der Waals surface area contributed by atoms with Crippen LogP contribution in [0.3, 0.4) is 0 Å². The lowest BCUT2D eigenvalue weighted by molar-refractivity contribution is -0.385. The summed E-state index contributed by atoms with van der Waals surface area (Å²) in [4.78, 5) is 38.9. The van der Waals surface area contributed by atoms with Gasteiger partial charge in [0.25, 0.3) is 15.7 Å². The smallest absolute Gasteiger partial charge is 0.273 e. The number of benzene rings is 3. The summed E-state index contributed by atoms with van der Waals surface area (Å²) in [6.07, 6.45) is 0.234. The Morgan fingerprint density at radius 3 is 2.26 bits per heavy atom. The molecule has 230 valence electrons. The second-order valence-corrected chi connectivity index (χ2v) is 12.2. The van der Waals surface area contributed by atoms with Crippen LogP contribution in [-0.4, -0.2) is 56.3 Å². The van der Waals surface area contributed by atoms with Crippen molar-refractivity contribution in [1.29, 1.82) is 0 Å². The SMILES string of the molecule is CCNC(=O)[C@H](CC)N(Cc1ccc(Cl)c(Cl)c1)C(=O)CN(c1ccc(OC)cc1)S(=O)(=O)c1ccc(C)c([N+](=O)[O-])c1. The van der Waals surface area contributed by atoms with E-state index < -0.39 is 39.3 Å². The molecule has 0 spiro atoms. The van der Waals surface area contributed by atoms with E-state index in [1.54, 1.807) is 32.0 Å². The number of rotatable bonds is 13. The third-order valence-electron chi connectivity index (χ3n) is 6.68.